The van der Waals surface area contributed by atoms with Crippen LogP contribution in [0.15, 0.2) is 0 Å². The summed E-state index contributed by atoms with van der Waals surface area (Å²) in [5.41, 5.74) is 0. The third-order valence-corrected chi connectivity index (χ3v) is 0. The average molecular weight is 160 g/mol. The zero-order valence-electron chi connectivity index (χ0n) is 2.34. The number of hydrogen-bond acceptors (Lipinski definition) is 4. The van der Waals surface area contributed by atoms with Crippen LogP contribution < -0.4 is 0 Å². The molecule has 0 atom stereocenters. The summed E-state index contributed by atoms with van der Waals surface area (Å²) in [5, 5.41) is 0. The van der Waals surface area contributed by atoms with Gasteiger partial charge < -0.3 is 9.11 Å². The molecule has 0 aliphatic carbocycles. The fourth-order valence-electron chi connectivity index (χ4n) is 0. The monoisotopic (exact) mass is 159 g/mol. The van der Waals surface area contributed by atoms with Gasteiger partial charge in [-0.25, -0.2) is 0 Å². The largest absolute Gasteiger partial charge is 0.759 e. The molecule has 0 spiro atoms. The van der Waals surface area contributed by atoms with Crippen LogP contribution in [0.2, 0.25) is 0 Å². The van der Waals surface area contributed by atoms with E-state index in [2.05, 4.69) is 0 Å². The molecule has 4 nitrogen and oxygen atoms in total. The molecule has 0 heterocycles. The molecule has 6 heavy (non-hydrogen) atoms. The van der Waals surface area contributed by atoms with E-state index in [9.17, 15) is 0 Å². The standard InChI is InChI=1S/Cu.H2O4S/c;1-5(2,3)4/h;(H2,1,2,3,4)/p-2. The minimum Gasteiger partial charge on any atom is -0.759 e. The van der Waals surface area contributed by atoms with Crippen molar-refractivity contribution in [3.8, 4) is 0 Å². The van der Waals surface area contributed by atoms with Crippen molar-refractivity contribution in [2.45, 2.75) is 0 Å². The van der Waals surface area contributed by atoms with Crippen molar-refractivity contribution in [3.63, 3.8) is 0 Å². The second-order valence-electron chi connectivity index (χ2n) is 0.408. The van der Waals surface area contributed by atoms with Gasteiger partial charge in [-0.3, -0.25) is 8.42 Å². The van der Waals surface area contributed by atoms with Gasteiger partial charge in [0.2, 0.25) is 0 Å². The summed E-state index contributed by atoms with van der Waals surface area (Å²) in [5.74, 6) is 0. The van der Waals surface area contributed by atoms with E-state index in [1.807, 2.05) is 0 Å². The van der Waals surface area contributed by atoms with Gasteiger partial charge in [-0.05, 0) is 0 Å². The first-order chi connectivity index (χ1) is 2.00. The van der Waals surface area contributed by atoms with E-state index in [1.54, 1.807) is 0 Å². The van der Waals surface area contributed by atoms with Crippen LogP contribution in [0.5, 0.6) is 0 Å². The van der Waals surface area contributed by atoms with Gasteiger partial charge in [-0.2, -0.15) is 0 Å². The molecule has 0 amide bonds. The smallest absolute Gasteiger partial charge is 0.0311 e. The maximum Gasteiger partial charge on any atom is 0.0311 e. The zero-order valence-corrected chi connectivity index (χ0v) is 4.10. The Morgan fingerprint density at radius 1 is 1.17 bits per heavy atom. The number of hydrogen-bond donors (Lipinski definition) is 0. The first kappa shape index (κ1) is 9.63. The molecule has 0 N–H and O–H groups in total. The normalized spacial score (nSPS) is 9.67. The van der Waals surface area contributed by atoms with Gasteiger partial charge in [0.25, 0.3) is 0 Å². The Bertz CT molecular complexity index is 90.7. The van der Waals surface area contributed by atoms with Gasteiger partial charge in [-0.1, -0.05) is 0 Å². The molecule has 0 aliphatic heterocycles. The van der Waals surface area contributed by atoms with E-state index in [0.717, 1.165) is 0 Å². The van der Waals surface area contributed by atoms with E-state index in [-0.39, 0.29) is 17.1 Å². The Balaban J connectivity index is 0. The fraction of sp³-hybridized carbons (Fsp3) is 0. The van der Waals surface area contributed by atoms with Crippen LogP contribution in [0, 0.1) is 0 Å². The molecule has 0 aromatic rings. The molecule has 0 unspecified atom stereocenters. The van der Waals surface area contributed by atoms with Gasteiger partial charge >= 0.3 is 0 Å². The first-order valence-electron chi connectivity index (χ1n) is 0.667. The van der Waals surface area contributed by atoms with Crippen LogP contribution in [0.4, 0.5) is 0 Å². The molecule has 0 aliphatic rings. The summed E-state index contributed by atoms with van der Waals surface area (Å²) in [4.78, 5) is 0. The van der Waals surface area contributed by atoms with Crippen molar-refractivity contribution in [2.24, 2.45) is 0 Å². The van der Waals surface area contributed by atoms with Crippen molar-refractivity contribution >= 4 is 10.4 Å². The van der Waals surface area contributed by atoms with Crippen LogP contribution >= 0.6 is 0 Å². The van der Waals surface area contributed by atoms with Gasteiger partial charge in [0.1, 0.15) is 0 Å². The van der Waals surface area contributed by atoms with E-state index >= 15 is 0 Å². The molecule has 0 fully saturated rings. The first-order valence-corrected chi connectivity index (χ1v) is 2.00. The molecule has 0 bridgehead atoms. The van der Waals surface area contributed by atoms with Crippen molar-refractivity contribution in [2.75, 3.05) is 0 Å². The van der Waals surface area contributed by atoms with Crippen molar-refractivity contribution in [3.05, 3.63) is 0 Å². The van der Waals surface area contributed by atoms with Crippen molar-refractivity contribution in [1.29, 1.82) is 0 Å². The molecule has 0 aromatic carbocycles. The molecule has 43 valence electrons. The Morgan fingerprint density at radius 3 is 1.17 bits per heavy atom. The molecular formula is CuO4S-2. The molecule has 0 rings (SSSR count). The Hall–Kier alpha value is 0.389. The van der Waals surface area contributed by atoms with E-state index in [0.29, 0.717) is 0 Å². The number of rotatable bonds is 0. The summed E-state index contributed by atoms with van der Waals surface area (Å²) in [6, 6.07) is 0. The molecule has 6 heteroatoms. The van der Waals surface area contributed by atoms with E-state index in [4.69, 9.17) is 17.5 Å². The topological polar surface area (TPSA) is 80.3 Å². The summed E-state index contributed by atoms with van der Waals surface area (Å²) in [6.45, 7) is 0. The predicted octanol–water partition coefficient (Wildman–Crippen LogP) is -1.34. The maximum absolute atomic E-state index is 8.52. The predicted molar refractivity (Wildman–Crippen MR) is 10.5 cm³/mol. The fourth-order valence-corrected chi connectivity index (χ4v) is 0. The van der Waals surface area contributed by atoms with Crippen LogP contribution in [0.25, 0.3) is 0 Å². The summed E-state index contributed by atoms with van der Waals surface area (Å²) in [7, 11) is -5.17. The minimum absolute atomic E-state index is 0. The Kier molecular flexibility index (Phi) is 4.08. The van der Waals surface area contributed by atoms with E-state index < -0.39 is 10.4 Å². The van der Waals surface area contributed by atoms with Gasteiger partial charge in [-0.15, -0.1) is 0 Å². The summed E-state index contributed by atoms with van der Waals surface area (Å²) in [6.07, 6.45) is 0. The second kappa shape index (κ2) is 2.54. The zero-order chi connectivity index (χ0) is 4.50. The third kappa shape index (κ3) is 332. The Morgan fingerprint density at radius 2 is 1.17 bits per heavy atom. The molecule has 1 radical (unpaired) electrons. The van der Waals surface area contributed by atoms with Crippen LogP contribution in [0.3, 0.4) is 0 Å². The Labute approximate surface area is 45.6 Å². The van der Waals surface area contributed by atoms with Gasteiger partial charge in [0.15, 0.2) is 0 Å². The molecule has 0 aromatic heterocycles. The van der Waals surface area contributed by atoms with Crippen LogP contribution in [0.1, 0.15) is 0 Å². The average Bonchev–Trinajstić information content (AvgIpc) is 0.722. The van der Waals surface area contributed by atoms with Gasteiger partial charge in [0, 0.05) is 27.5 Å². The third-order valence-electron chi connectivity index (χ3n) is 0. The van der Waals surface area contributed by atoms with Crippen LogP contribution in [-0.2, 0) is 27.5 Å². The van der Waals surface area contributed by atoms with Crippen LogP contribution in [-0.4, -0.2) is 17.5 Å². The van der Waals surface area contributed by atoms with Crippen molar-refractivity contribution < 1.29 is 34.6 Å². The molecular weight excluding hydrogens is 160 g/mol. The SMILES string of the molecule is O=S(=O)([O-])[O-].[Cu]. The summed E-state index contributed by atoms with van der Waals surface area (Å²) < 4.78 is 34.1. The minimum atomic E-state index is -5.17. The van der Waals surface area contributed by atoms with Gasteiger partial charge in [0.05, 0.1) is 0 Å². The molecule has 0 saturated heterocycles. The quantitative estimate of drug-likeness (QED) is 0.249. The maximum atomic E-state index is 8.52. The summed E-state index contributed by atoms with van der Waals surface area (Å²) >= 11 is 0. The van der Waals surface area contributed by atoms with Crippen molar-refractivity contribution in [1.82, 2.24) is 0 Å². The second-order valence-corrected chi connectivity index (χ2v) is 1.22. The molecule has 0 saturated carbocycles. The van der Waals surface area contributed by atoms with E-state index in [1.165, 1.54) is 0 Å².